The maximum Gasteiger partial charge on any atom is 0.264 e. The van der Waals surface area contributed by atoms with Gasteiger partial charge in [0.05, 0.1) is 16.6 Å². The van der Waals surface area contributed by atoms with Crippen molar-refractivity contribution in [2.75, 3.05) is 42.1 Å². The molecule has 0 radical (unpaired) electrons. The molecule has 3 aromatic carbocycles. The van der Waals surface area contributed by atoms with Crippen LogP contribution >= 0.6 is 0 Å². The second kappa shape index (κ2) is 11.6. The van der Waals surface area contributed by atoms with Crippen LogP contribution in [0.15, 0.2) is 77.7 Å². The van der Waals surface area contributed by atoms with Crippen molar-refractivity contribution < 1.29 is 22.7 Å². The number of benzene rings is 3. The highest BCUT2D eigenvalue weighted by molar-refractivity contribution is 7.92. The number of hydrogen-bond donors (Lipinski definition) is 1. The summed E-state index contributed by atoms with van der Waals surface area (Å²) in [5.41, 5.74) is 2.46. The summed E-state index contributed by atoms with van der Waals surface area (Å²) in [5.74, 6) is 1.26. The maximum atomic E-state index is 13.7. The van der Waals surface area contributed by atoms with E-state index in [-0.39, 0.29) is 17.5 Å². The SMILES string of the molecule is CC1CCCN(c2ccc(C(C)NC(=O)CN(c3ccc4c(c3)OCCO4)S(=O)(=O)c3ccccc3)cc2)C1. The van der Waals surface area contributed by atoms with Crippen LogP contribution in [0.3, 0.4) is 0 Å². The van der Waals surface area contributed by atoms with Crippen LogP contribution in [0.1, 0.15) is 38.3 Å². The molecule has 2 heterocycles. The highest BCUT2D eigenvalue weighted by atomic mass is 32.2. The van der Waals surface area contributed by atoms with Crippen molar-refractivity contribution >= 4 is 27.3 Å². The van der Waals surface area contributed by atoms with Gasteiger partial charge in [0.2, 0.25) is 5.91 Å². The van der Waals surface area contributed by atoms with Gasteiger partial charge in [-0.25, -0.2) is 8.42 Å². The highest BCUT2D eigenvalue weighted by Crippen LogP contribution is 2.35. The van der Waals surface area contributed by atoms with Gasteiger partial charge in [-0.15, -0.1) is 0 Å². The van der Waals surface area contributed by atoms with Crippen molar-refractivity contribution in [2.45, 2.75) is 37.6 Å². The van der Waals surface area contributed by atoms with Gasteiger partial charge in [-0.05, 0) is 67.6 Å². The molecular formula is C30H35N3O5S. The molecule has 1 fully saturated rings. The van der Waals surface area contributed by atoms with Crippen LogP contribution in [0.5, 0.6) is 11.5 Å². The Bertz CT molecular complexity index is 1400. The van der Waals surface area contributed by atoms with Crippen molar-refractivity contribution in [2.24, 2.45) is 5.92 Å². The molecule has 2 aliphatic heterocycles. The molecular weight excluding hydrogens is 514 g/mol. The van der Waals surface area contributed by atoms with E-state index in [9.17, 15) is 13.2 Å². The molecule has 2 unspecified atom stereocenters. The number of nitrogens with zero attached hydrogens (tertiary/aromatic N) is 2. The van der Waals surface area contributed by atoms with Gasteiger partial charge in [-0.1, -0.05) is 37.3 Å². The Labute approximate surface area is 230 Å². The molecule has 0 spiro atoms. The first kappa shape index (κ1) is 26.9. The van der Waals surface area contributed by atoms with Gasteiger partial charge in [0, 0.05) is 24.8 Å². The predicted octanol–water partition coefficient (Wildman–Crippen LogP) is 4.77. The molecule has 206 valence electrons. The fraction of sp³-hybridized carbons (Fsp3) is 0.367. The third kappa shape index (κ3) is 6.14. The lowest BCUT2D eigenvalue weighted by molar-refractivity contribution is -0.120. The molecule has 3 aromatic rings. The third-order valence-electron chi connectivity index (χ3n) is 7.22. The lowest BCUT2D eigenvalue weighted by Gasteiger charge is -2.33. The van der Waals surface area contributed by atoms with Gasteiger partial charge >= 0.3 is 0 Å². The van der Waals surface area contributed by atoms with E-state index in [1.807, 2.05) is 19.1 Å². The summed E-state index contributed by atoms with van der Waals surface area (Å²) in [6.07, 6.45) is 2.46. The van der Waals surface area contributed by atoms with Crippen LogP contribution in [0, 0.1) is 5.92 Å². The summed E-state index contributed by atoms with van der Waals surface area (Å²) in [6.45, 7) is 6.70. The van der Waals surface area contributed by atoms with Crippen LogP contribution in [0.4, 0.5) is 11.4 Å². The van der Waals surface area contributed by atoms with Crippen LogP contribution < -0.4 is 24.0 Å². The Balaban J connectivity index is 1.33. The lowest BCUT2D eigenvalue weighted by Crippen LogP contribution is -2.41. The summed E-state index contributed by atoms with van der Waals surface area (Å²) in [7, 11) is -4.03. The minimum Gasteiger partial charge on any atom is -0.486 e. The van der Waals surface area contributed by atoms with Crippen LogP contribution in [0.2, 0.25) is 0 Å². The standard InChI is InChI=1S/C30H35N3O5S/c1-22-7-6-16-32(20-22)25-12-10-24(11-13-25)23(2)31-30(34)21-33(39(35,36)27-8-4-3-5-9-27)26-14-15-28-29(19-26)38-18-17-37-28/h3-5,8-15,19,22-23H,6-7,16-18,20-21H2,1-2H3,(H,31,34). The largest absolute Gasteiger partial charge is 0.486 e. The minimum absolute atomic E-state index is 0.100. The van der Waals surface area contributed by atoms with E-state index in [1.54, 1.807) is 36.4 Å². The van der Waals surface area contributed by atoms with Crippen LogP contribution in [-0.4, -0.2) is 47.2 Å². The number of anilines is 2. The smallest absolute Gasteiger partial charge is 0.264 e. The van der Waals surface area contributed by atoms with E-state index < -0.39 is 15.9 Å². The Morgan fingerprint density at radius 3 is 2.46 bits per heavy atom. The van der Waals surface area contributed by atoms with E-state index in [4.69, 9.17) is 9.47 Å². The number of carbonyl (C=O) groups is 1. The second-order valence-corrected chi connectivity index (χ2v) is 12.1. The Kier molecular flexibility index (Phi) is 7.97. The molecule has 1 amide bonds. The van der Waals surface area contributed by atoms with Gasteiger partial charge in [0.25, 0.3) is 10.0 Å². The van der Waals surface area contributed by atoms with Crippen molar-refractivity contribution in [3.63, 3.8) is 0 Å². The summed E-state index contributed by atoms with van der Waals surface area (Å²) in [5, 5.41) is 2.97. The van der Waals surface area contributed by atoms with E-state index >= 15 is 0 Å². The average molecular weight is 550 g/mol. The summed E-state index contributed by atoms with van der Waals surface area (Å²) < 4.78 is 39.7. The van der Waals surface area contributed by atoms with Crippen molar-refractivity contribution in [3.05, 3.63) is 78.4 Å². The van der Waals surface area contributed by atoms with Crippen molar-refractivity contribution in [3.8, 4) is 11.5 Å². The summed E-state index contributed by atoms with van der Waals surface area (Å²) >= 11 is 0. The van der Waals surface area contributed by atoms with Crippen LogP contribution in [0.25, 0.3) is 0 Å². The lowest BCUT2D eigenvalue weighted by atomic mass is 9.99. The number of ether oxygens (including phenoxy) is 2. The van der Waals surface area contributed by atoms with Gasteiger partial charge in [0.1, 0.15) is 19.8 Å². The number of sulfonamides is 1. The molecule has 2 atom stereocenters. The highest BCUT2D eigenvalue weighted by Gasteiger charge is 2.29. The van der Waals surface area contributed by atoms with Gasteiger partial charge in [-0.3, -0.25) is 9.10 Å². The zero-order valence-electron chi connectivity index (χ0n) is 22.4. The predicted molar refractivity (Wildman–Crippen MR) is 152 cm³/mol. The monoisotopic (exact) mass is 549 g/mol. The quantitative estimate of drug-likeness (QED) is 0.436. The minimum atomic E-state index is -4.03. The molecule has 9 heteroatoms. The fourth-order valence-corrected chi connectivity index (χ4v) is 6.55. The molecule has 39 heavy (non-hydrogen) atoms. The zero-order valence-corrected chi connectivity index (χ0v) is 23.2. The maximum absolute atomic E-state index is 13.7. The van der Waals surface area contributed by atoms with E-state index in [0.717, 1.165) is 23.0 Å². The van der Waals surface area contributed by atoms with Gasteiger partial charge < -0.3 is 19.7 Å². The molecule has 2 aliphatic rings. The molecule has 1 saturated heterocycles. The number of hydrogen-bond acceptors (Lipinski definition) is 6. The first-order chi connectivity index (χ1) is 18.8. The molecule has 0 saturated carbocycles. The number of amides is 1. The number of piperidine rings is 1. The van der Waals surface area contributed by atoms with Crippen molar-refractivity contribution in [1.29, 1.82) is 0 Å². The third-order valence-corrected chi connectivity index (χ3v) is 9.01. The fourth-order valence-electron chi connectivity index (χ4n) is 5.12. The first-order valence-corrected chi connectivity index (χ1v) is 14.9. The van der Waals surface area contributed by atoms with E-state index in [1.165, 1.54) is 30.7 Å². The molecule has 0 aliphatic carbocycles. The molecule has 0 aromatic heterocycles. The van der Waals surface area contributed by atoms with E-state index in [0.29, 0.717) is 36.3 Å². The first-order valence-electron chi connectivity index (χ1n) is 13.4. The summed E-state index contributed by atoms with van der Waals surface area (Å²) in [6, 6.07) is 21.0. The molecule has 1 N–H and O–H groups in total. The number of carbonyl (C=O) groups excluding carboxylic acids is 1. The second-order valence-electron chi connectivity index (χ2n) is 10.2. The topological polar surface area (TPSA) is 88.2 Å². The average Bonchev–Trinajstić information content (AvgIpc) is 2.96. The number of rotatable bonds is 8. The van der Waals surface area contributed by atoms with Gasteiger partial charge in [0.15, 0.2) is 11.5 Å². The molecule has 8 nitrogen and oxygen atoms in total. The Hall–Kier alpha value is -3.72. The van der Waals surface area contributed by atoms with Crippen LogP contribution in [-0.2, 0) is 14.8 Å². The molecule has 5 rings (SSSR count). The Morgan fingerprint density at radius 2 is 1.74 bits per heavy atom. The normalized spacial score (nSPS) is 17.8. The molecule has 0 bridgehead atoms. The van der Waals surface area contributed by atoms with Crippen molar-refractivity contribution in [1.82, 2.24) is 5.32 Å². The number of nitrogens with one attached hydrogen (secondary N) is 1. The van der Waals surface area contributed by atoms with Gasteiger partial charge in [-0.2, -0.15) is 0 Å². The number of fused-ring (bicyclic) bond motifs is 1. The zero-order chi connectivity index (χ0) is 27.4. The Morgan fingerprint density at radius 1 is 1.03 bits per heavy atom. The summed E-state index contributed by atoms with van der Waals surface area (Å²) in [4.78, 5) is 15.8. The van der Waals surface area contributed by atoms with E-state index in [2.05, 4.69) is 29.3 Å².